The molecule has 1 unspecified atom stereocenters. The number of rotatable bonds is 1. The Morgan fingerprint density at radius 2 is 2.29 bits per heavy atom. The molecular weight excluding hydrogens is 212 g/mol. The van der Waals surface area contributed by atoms with Crippen LogP contribution in [0, 0.1) is 0 Å². The largest absolute Gasteiger partial charge is 0.399 e. The fourth-order valence-corrected chi connectivity index (χ4v) is 2.38. The van der Waals surface area contributed by atoms with Crippen molar-refractivity contribution in [2.24, 2.45) is 0 Å². The van der Waals surface area contributed by atoms with E-state index >= 15 is 0 Å². The van der Waals surface area contributed by atoms with Gasteiger partial charge in [0.15, 0.2) is 0 Å². The molecule has 1 fully saturated rings. The fourth-order valence-electron chi connectivity index (χ4n) is 2.38. The molecule has 3 rings (SSSR count). The molecule has 1 aliphatic heterocycles. The van der Waals surface area contributed by atoms with Crippen LogP contribution < -0.4 is 11.1 Å². The molecular formula is C13H17N4. The molecule has 1 aliphatic rings. The molecule has 1 aromatic heterocycles. The summed E-state index contributed by atoms with van der Waals surface area (Å²) in [4.78, 5) is 5.75. The number of anilines is 1. The van der Waals surface area contributed by atoms with Gasteiger partial charge in [-0.1, -0.05) is 0 Å². The van der Waals surface area contributed by atoms with Gasteiger partial charge in [0.1, 0.15) is 0 Å². The Morgan fingerprint density at radius 3 is 3.12 bits per heavy atom. The first-order valence-electron chi connectivity index (χ1n) is 5.96. The molecule has 3 N–H and O–H groups in total. The molecule has 0 amide bonds. The minimum absolute atomic E-state index is 0.266. The van der Waals surface area contributed by atoms with Crippen LogP contribution in [-0.4, -0.2) is 36.6 Å². The van der Waals surface area contributed by atoms with E-state index in [0.717, 1.165) is 30.8 Å². The Balaban J connectivity index is 1.94. The summed E-state index contributed by atoms with van der Waals surface area (Å²) < 4.78 is 0. The van der Waals surface area contributed by atoms with Crippen molar-refractivity contribution in [2.45, 2.75) is 6.04 Å². The number of likely N-dealkylation sites (N-methyl/N-ethyl adjacent to an activating group) is 1. The molecule has 0 spiro atoms. The molecule has 0 saturated carbocycles. The minimum Gasteiger partial charge on any atom is -0.399 e. The van der Waals surface area contributed by atoms with Gasteiger partial charge in [0.05, 0.1) is 6.04 Å². The van der Waals surface area contributed by atoms with Crippen molar-refractivity contribution in [3.8, 4) is 0 Å². The first kappa shape index (κ1) is 10.6. The number of nitrogen functional groups attached to an aromatic ring is 1. The van der Waals surface area contributed by atoms with Crippen LogP contribution in [0.3, 0.4) is 0 Å². The lowest BCUT2D eigenvalue weighted by Gasteiger charge is -2.28. The SMILES string of the molecule is CN1CC[N]C(c2cc3cc(N)ccc3[nH]2)C1. The normalized spacial score (nSPS) is 22.1. The maximum absolute atomic E-state index is 5.79. The average molecular weight is 229 g/mol. The van der Waals surface area contributed by atoms with Crippen molar-refractivity contribution in [2.75, 3.05) is 32.4 Å². The number of H-pyrrole nitrogens is 1. The predicted molar refractivity (Wildman–Crippen MR) is 70.0 cm³/mol. The number of nitrogens with two attached hydrogens (primary N) is 1. The standard InChI is InChI=1S/C13H17N4/c1-17-5-4-15-13(8-17)12-7-9-6-10(14)2-3-11(9)16-12/h2-3,6-7,13,16H,4-5,8,14H2,1H3. The summed E-state index contributed by atoms with van der Waals surface area (Å²) in [5.41, 5.74) is 8.92. The summed E-state index contributed by atoms with van der Waals surface area (Å²) in [5, 5.41) is 5.83. The maximum atomic E-state index is 5.79. The molecule has 2 heterocycles. The first-order valence-corrected chi connectivity index (χ1v) is 5.96. The summed E-state index contributed by atoms with van der Waals surface area (Å²) in [6, 6.07) is 8.39. The molecule has 17 heavy (non-hydrogen) atoms. The Morgan fingerprint density at radius 1 is 1.41 bits per heavy atom. The van der Waals surface area contributed by atoms with E-state index in [9.17, 15) is 0 Å². The van der Waals surface area contributed by atoms with E-state index in [1.54, 1.807) is 0 Å². The lowest BCUT2D eigenvalue weighted by molar-refractivity contribution is 0.234. The maximum Gasteiger partial charge on any atom is 0.0772 e. The topological polar surface area (TPSA) is 59.1 Å². The third-order valence-corrected chi connectivity index (χ3v) is 3.34. The van der Waals surface area contributed by atoms with Crippen LogP contribution in [0.2, 0.25) is 0 Å². The van der Waals surface area contributed by atoms with E-state index in [2.05, 4.69) is 28.3 Å². The molecule has 4 nitrogen and oxygen atoms in total. The van der Waals surface area contributed by atoms with Gasteiger partial charge in [-0.2, -0.15) is 0 Å². The van der Waals surface area contributed by atoms with Gasteiger partial charge in [0.25, 0.3) is 0 Å². The lowest BCUT2D eigenvalue weighted by atomic mass is 10.1. The fraction of sp³-hybridized carbons (Fsp3) is 0.385. The van der Waals surface area contributed by atoms with E-state index in [1.165, 1.54) is 11.1 Å². The van der Waals surface area contributed by atoms with Crippen LogP contribution in [0.5, 0.6) is 0 Å². The number of hydrogen-bond donors (Lipinski definition) is 2. The van der Waals surface area contributed by atoms with Gasteiger partial charge in [-0.05, 0) is 31.3 Å². The number of aromatic nitrogens is 1. The van der Waals surface area contributed by atoms with Crippen molar-refractivity contribution in [1.82, 2.24) is 15.2 Å². The van der Waals surface area contributed by atoms with Crippen molar-refractivity contribution in [3.05, 3.63) is 30.0 Å². The molecule has 1 atom stereocenters. The van der Waals surface area contributed by atoms with Crippen LogP contribution in [0.1, 0.15) is 11.7 Å². The van der Waals surface area contributed by atoms with Gasteiger partial charge in [0, 0.05) is 41.9 Å². The monoisotopic (exact) mass is 229 g/mol. The predicted octanol–water partition coefficient (Wildman–Crippen LogP) is 1.34. The van der Waals surface area contributed by atoms with Gasteiger partial charge in [0.2, 0.25) is 0 Å². The summed E-state index contributed by atoms with van der Waals surface area (Å²) in [6.07, 6.45) is 0. The number of benzene rings is 1. The van der Waals surface area contributed by atoms with Gasteiger partial charge in [-0.15, -0.1) is 0 Å². The number of nitrogens with zero attached hydrogens (tertiary/aromatic N) is 2. The van der Waals surface area contributed by atoms with E-state index in [-0.39, 0.29) is 6.04 Å². The van der Waals surface area contributed by atoms with E-state index in [0.29, 0.717) is 0 Å². The van der Waals surface area contributed by atoms with E-state index in [1.807, 2.05) is 18.2 Å². The van der Waals surface area contributed by atoms with Crippen molar-refractivity contribution < 1.29 is 0 Å². The third-order valence-electron chi connectivity index (χ3n) is 3.34. The van der Waals surface area contributed by atoms with Crippen LogP contribution >= 0.6 is 0 Å². The molecule has 1 radical (unpaired) electrons. The van der Waals surface area contributed by atoms with Crippen molar-refractivity contribution in [1.29, 1.82) is 0 Å². The molecule has 89 valence electrons. The zero-order valence-corrected chi connectivity index (χ0v) is 9.98. The van der Waals surface area contributed by atoms with Crippen LogP contribution in [0.4, 0.5) is 5.69 Å². The minimum atomic E-state index is 0.266. The van der Waals surface area contributed by atoms with Crippen LogP contribution in [-0.2, 0) is 0 Å². The van der Waals surface area contributed by atoms with E-state index in [4.69, 9.17) is 5.73 Å². The first-order chi connectivity index (χ1) is 8.22. The highest BCUT2D eigenvalue weighted by Crippen LogP contribution is 2.24. The summed E-state index contributed by atoms with van der Waals surface area (Å²) in [5.74, 6) is 0. The highest BCUT2D eigenvalue weighted by molar-refractivity contribution is 5.83. The van der Waals surface area contributed by atoms with Gasteiger partial charge in [-0.3, -0.25) is 0 Å². The second-order valence-corrected chi connectivity index (χ2v) is 4.76. The highest BCUT2D eigenvalue weighted by atomic mass is 15.2. The second-order valence-electron chi connectivity index (χ2n) is 4.76. The zero-order chi connectivity index (χ0) is 11.8. The Hall–Kier alpha value is -1.52. The number of piperazine rings is 1. The van der Waals surface area contributed by atoms with Crippen LogP contribution in [0.15, 0.2) is 24.3 Å². The third kappa shape index (κ3) is 2.01. The quantitative estimate of drug-likeness (QED) is 0.725. The molecule has 1 aromatic carbocycles. The molecule has 4 heteroatoms. The Bertz CT molecular complexity index is 531. The molecule has 0 aliphatic carbocycles. The van der Waals surface area contributed by atoms with Gasteiger partial charge >= 0.3 is 0 Å². The number of hydrogen-bond acceptors (Lipinski definition) is 2. The number of fused-ring (bicyclic) bond motifs is 1. The Labute approximate surface area is 101 Å². The Kier molecular flexibility index (Phi) is 2.53. The highest BCUT2D eigenvalue weighted by Gasteiger charge is 2.20. The molecule has 1 saturated heterocycles. The van der Waals surface area contributed by atoms with Gasteiger partial charge in [-0.25, -0.2) is 5.32 Å². The van der Waals surface area contributed by atoms with Crippen molar-refractivity contribution >= 4 is 16.6 Å². The molecule has 2 aromatic rings. The smallest absolute Gasteiger partial charge is 0.0772 e. The summed E-state index contributed by atoms with van der Waals surface area (Å²) in [6.45, 7) is 2.96. The van der Waals surface area contributed by atoms with Gasteiger partial charge < -0.3 is 15.6 Å². The van der Waals surface area contributed by atoms with E-state index < -0.39 is 0 Å². The second kappa shape index (κ2) is 4.05. The summed E-state index contributed by atoms with van der Waals surface area (Å²) >= 11 is 0. The summed E-state index contributed by atoms with van der Waals surface area (Å²) in [7, 11) is 2.14. The number of nitrogens with one attached hydrogen (secondary N) is 1. The number of aromatic amines is 1. The molecule has 0 bridgehead atoms. The van der Waals surface area contributed by atoms with Crippen molar-refractivity contribution in [3.63, 3.8) is 0 Å². The lowest BCUT2D eigenvalue weighted by Crippen LogP contribution is -2.40. The average Bonchev–Trinajstić information content (AvgIpc) is 2.72. The van der Waals surface area contributed by atoms with Crippen LogP contribution in [0.25, 0.3) is 10.9 Å². The zero-order valence-electron chi connectivity index (χ0n) is 9.98.